The molecule has 0 N–H and O–H groups in total. The van der Waals surface area contributed by atoms with Gasteiger partial charge in [0, 0.05) is 12.2 Å². The maximum absolute atomic E-state index is 12.0. The molecule has 0 aromatic carbocycles. The molecule has 0 saturated heterocycles. The molecule has 6 heteroatoms. The number of halogens is 3. The predicted molar refractivity (Wildman–Crippen MR) is 52.0 cm³/mol. The topological polar surface area (TPSA) is 34.9 Å². The Morgan fingerprint density at radius 1 is 1.56 bits per heavy atom. The summed E-state index contributed by atoms with van der Waals surface area (Å²) in [6.45, 7) is 3.86. The summed E-state index contributed by atoms with van der Waals surface area (Å²) in [6, 6.07) is 1.56. The molecule has 1 unspecified atom stereocenters. The van der Waals surface area contributed by atoms with Crippen molar-refractivity contribution in [3.05, 3.63) is 18.0 Å². The van der Waals surface area contributed by atoms with Gasteiger partial charge in [0.05, 0.1) is 12.1 Å². The van der Waals surface area contributed by atoms with E-state index in [1.54, 1.807) is 10.9 Å². The number of hydrogen-bond acceptors (Lipinski definition) is 2. The maximum atomic E-state index is 12.0. The smallest absolute Gasteiger partial charge is 0.289 e. The Kier molecular flexibility index (Phi) is 3.72. The van der Waals surface area contributed by atoms with E-state index in [2.05, 4.69) is 5.10 Å². The number of nitrogens with zero attached hydrogens (tertiary/aromatic N) is 2. The van der Waals surface area contributed by atoms with Crippen LogP contribution in [0.25, 0.3) is 0 Å². The van der Waals surface area contributed by atoms with E-state index in [1.807, 2.05) is 13.8 Å². The van der Waals surface area contributed by atoms with E-state index in [0.717, 1.165) is 6.42 Å². The van der Waals surface area contributed by atoms with Gasteiger partial charge in [0.2, 0.25) is 5.78 Å². The zero-order valence-electron chi connectivity index (χ0n) is 9.08. The van der Waals surface area contributed by atoms with E-state index in [-0.39, 0.29) is 11.7 Å². The zero-order valence-corrected chi connectivity index (χ0v) is 9.08. The second-order valence-electron chi connectivity index (χ2n) is 3.64. The third-order valence-corrected chi connectivity index (χ3v) is 2.36. The number of ketones is 1. The summed E-state index contributed by atoms with van der Waals surface area (Å²) in [4.78, 5) is 10.7. The lowest BCUT2D eigenvalue weighted by Crippen LogP contribution is -2.24. The Labute approximate surface area is 91.3 Å². The van der Waals surface area contributed by atoms with Crippen molar-refractivity contribution in [3.8, 4) is 0 Å². The van der Waals surface area contributed by atoms with Gasteiger partial charge in [-0.1, -0.05) is 6.92 Å². The molecule has 0 saturated carbocycles. The van der Waals surface area contributed by atoms with E-state index in [0.29, 0.717) is 0 Å². The van der Waals surface area contributed by atoms with Gasteiger partial charge in [0.1, 0.15) is 0 Å². The monoisotopic (exact) mass is 234 g/mol. The van der Waals surface area contributed by atoms with Crippen LogP contribution in [0.5, 0.6) is 0 Å². The molecular weight excluding hydrogens is 221 g/mol. The third kappa shape index (κ3) is 3.08. The van der Waals surface area contributed by atoms with Gasteiger partial charge < -0.3 is 0 Å². The van der Waals surface area contributed by atoms with E-state index in [1.165, 1.54) is 6.07 Å². The molecule has 1 aromatic rings. The summed E-state index contributed by atoms with van der Waals surface area (Å²) in [5.41, 5.74) is 0.155. The molecule has 0 aliphatic heterocycles. The van der Waals surface area contributed by atoms with Crippen LogP contribution in [-0.4, -0.2) is 21.7 Å². The van der Waals surface area contributed by atoms with E-state index in [4.69, 9.17) is 0 Å². The lowest BCUT2D eigenvalue weighted by atomic mass is 10.2. The summed E-state index contributed by atoms with van der Waals surface area (Å²) in [5.74, 6) is -1.76. The molecule has 0 aliphatic rings. The van der Waals surface area contributed by atoms with Crippen molar-refractivity contribution in [2.75, 3.05) is 0 Å². The average Bonchev–Trinajstić information content (AvgIpc) is 2.63. The Balaban J connectivity index is 2.69. The fourth-order valence-electron chi connectivity index (χ4n) is 1.17. The van der Waals surface area contributed by atoms with Crippen molar-refractivity contribution in [2.45, 2.75) is 38.9 Å². The number of hydrogen-bond donors (Lipinski definition) is 0. The molecule has 90 valence electrons. The number of aromatic nitrogens is 2. The highest BCUT2D eigenvalue weighted by atomic mass is 19.4. The van der Waals surface area contributed by atoms with Crippen LogP contribution >= 0.6 is 0 Å². The number of Topliss-reactive ketones (excluding diaryl/α,β-unsaturated/α-hetero) is 1. The van der Waals surface area contributed by atoms with Crippen LogP contribution in [0.4, 0.5) is 13.2 Å². The van der Waals surface area contributed by atoms with Crippen molar-refractivity contribution in [2.24, 2.45) is 0 Å². The Morgan fingerprint density at radius 2 is 2.19 bits per heavy atom. The molecule has 0 bridgehead atoms. The van der Waals surface area contributed by atoms with Crippen LogP contribution < -0.4 is 0 Å². The van der Waals surface area contributed by atoms with Crippen LogP contribution in [0, 0.1) is 0 Å². The third-order valence-electron chi connectivity index (χ3n) is 2.36. The van der Waals surface area contributed by atoms with Gasteiger partial charge in [-0.2, -0.15) is 18.3 Å². The molecule has 0 amide bonds. The number of alkyl halides is 3. The molecule has 16 heavy (non-hydrogen) atoms. The van der Waals surface area contributed by atoms with Gasteiger partial charge in [0.25, 0.3) is 0 Å². The number of carbonyl (C=O) groups excluding carboxylic acids is 1. The standard InChI is InChI=1S/C10H13F3N2O/c1-3-7(2)15-5-4-8(14-15)6-9(16)10(11,12)13/h4-5,7H,3,6H2,1-2H3. The van der Waals surface area contributed by atoms with E-state index in [9.17, 15) is 18.0 Å². The minimum atomic E-state index is -4.78. The fraction of sp³-hybridized carbons (Fsp3) is 0.600. The van der Waals surface area contributed by atoms with E-state index >= 15 is 0 Å². The molecule has 1 aromatic heterocycles. The highest BCUT2D eigenvalue weighted by Crippen LogP contribution is 2.18. The summed E-state index contributed by atoms with van der Waals surface area (Å²) in [5, 5.41) is 3.93. The molecule has 0 fully saturated rings. The number of carbonyl (C=O) groups is 1. The van der Waals surface area contributed by atoms with Crippen LogP contribution in [0.1, 0.15) is 32.0 Å². The van der Waals surface area contributed by atoms with Gasteiger partial charge in [-0.3, -0.25) is 9.48 Å². The second-order valence-corrected chi connectivity index (χ2v) is 3.64. The Bertz CT molecular complexity index is 370. The van der Waals surface area contributed by atoms with Crippen LogP contribution in [0.3, 0.4) is 0 Å². The van der Waals surface area contributed by atoms with Crippen molar-refractivity contribution in [3.63, 3.8) is 0 Å². The van der Waals surface area contributed by atoms with Gasteiger partial charge >= 0.3 is 6.18 Å². The summed E-state index contributed by atoms with van der Waals surface area (Å²) in [6.07, 6.45) is -3.05. The minimum Gasteiger partial charge on any atom is -0.289 e. The average molecular weight is 234 g/mol. The lowest BCUT2D eigenvalue weighted by Gasteiger charge is -2.08. The molecule has 1 atom stereocenters. The van der Waals surface area contributed by atoms with Gasteiger partial charge in [-0.15, -0.1) is 0 Å². The van der Waals surface area contributed by atoms with Crippen molar-refractivity contribution in [1.82, 2.24) is 9.78 Å². The molecule has 0 spiro atoms. The Hall–Kier alpha value is -1.33. The molecule has 0 aliphatic carbocycles. The minimum absolute atomic E-state index is 0.120. The van der Waals surface area contributed by atoms with Crippen LogP contribution in [0.2, 0.25) is 0 Å². The summed E-state index contributed by atoms with van der Waals surface area (Å²) < 4.78 is 37.5. The molecular formula is C10H13F3N2O. The first-order chi connectivity index (χ1) is 7.34. The predicted octanol–water partition coefficient (Wildman–Crippen LogP) is 2.53. The SMILES string of the molecule is CCC(C)n1ccc(CC(=O)C(F)(F)F)n1. The molecule has 1 rings (SSSR count). The first-order valence-electron chi connectivity index (χ1n) is 4.98. The van der Waals surface area contributed by atoms with E-state index < -0.39 is 18.4 Å². The van der Waals surface area contributed by atoms with Gasteiger partial charge in [-0.25, -0.2) is 0 Å². The largest absolute Gasteiger partial charge is 0.450 e. The van der Waals surface area contributed by atoms with Gasteiger partial charge in [0.15, 0.2) is 0 Å². The van der Waals surface area contributed by atoms with Gasteiger partial charge in [-0.05, 0) is 19.4 Å². The molecule has 3 nitrogen and oxygen atoms in total. The highest BCUT2D eigenvalue weighted by Gasteiger charge is 2.38. The summed E-state index contributed by atoms with van der Waals surface area (Å²) >= 11 is 0. The van der Waals surface area contributed by atoms with Crippen molar-refractivity contribution < 1.29 is 18.0 Å². The quantitative estimate of drug-likeness (QED) is 0.802. The normalized spacial score (nSPS) is 13.8. The van der Waals surface area contributed by atoms with Crippen LogP contribution in [-0.2, 0) is 11.2 Å². The van der Waals surface area contributed by atoms with Crippen molar-refractivity contribution >= 4 is 5.78 Å². The first-order valence-corrected chi connectivity index (χ1v) is 4.98. The summed E-state index contributed by atoms with van der Waals surface area (Å²) in [7, 11) is 0. The highest BCUT2D eigenvalue weighted by molar-refractivity contribution is 5.85. The zero-order chi connectivity index (χ0) is 12.3. The molecule has 1 heterocycles. The van der Waals surface area contributed by atoms with Crippen molar-refractivity contribution in [1.29, 1.82) is 0 Å². The lowest BCUT2D eigenvalue weighted by molar-refractivity contribution is -0.170. The van der Waals surface area contributed by atoms with Crippen LogP contribution in [0.15, 0.2) is 12.3 Å². The maximum Gasteiger partial charge on any atom is 0.450 e. The molecule has 0 radical (unpaired) electrons. The Morgan fingerprint density at radius 3 is 2.69 bits per heavy atom. The fourth-order valence-corrected chi connectivity index (χ4v) is 1.17. The number of rotatable bonds is 4. The second kappa shape index (κ2) is 4.67. The first kappa shape index (κ1) is 12.7.